The molecule has 4 heteroatoms. The van der Waals surface area contributed by atoms with Crippen LogP contribution in [0.3, 0.4) is 0 Å². The summed E-state index contributed by atoms with van der Waals surface area (Å²) in [6, 6.07) is 5.81. The standard InChI is InChI=1S/C17H26N2O2/c1-17(2,3)14-7-6-13(12-15(14)21-5)16(20)19-10-8-18(4)9-11-19/h6-7,12H,8-11H2,1-5H3. The zero-order valence-corrected chi connectivity index (χ0v) is 13.8. The maximum absolute atomic E-state index is 12.6. The Labute approximate surface area is 127 Å². The van der Waals surface area contributed by atoms with E-state index in [9.17, 15) is 4.79 Å². The van der Waals surface area contributed by atoms with Gasteiger partial charge < -0.3 is 14.5 Å². The largest absolute Gasteiger partial charge is 0.496 e. The molecule has 1 saturated heterocycles. The Bertz CT molecular complexity index is 512. The van der Waals surface area contributed by atoms with Crippen LogP contribution in [0.25, 0.3) is 0 Å². The van der Waals surface area contributed by atoms with Gasteiger partial charge in [-0.2, -0.15) is 0 Å². The maximum atomic E-state index is 12.6. The van der Waals surface area contributed by atoms with Crippen LogP contribution >= 0.6 is 0 Å². The lowest BCUT2D eigenvalue weighted by Gasteiger charge is -2.32. The van der Waals surface area contributed by atoms with Crippen molar-refractivity contribution in [3.05, 3.63) is 29.3 Å². The summed E-state index contributed by atoms with van der Waals surface area (Å²) in [4.78, 5) is 16.8. The summed E-state index contributed by atoms with van der Waals surface area (Å²) in [5, 5.41) is 0. The van der Waals surface area contributed by atoms with Crippen molar-refractivity contribution in [2.45, 2.75) is 26.2 Å². The van der Waals surface area contributed by atoms with Crippen molar-refractivity contribution in [1.29, 1.82) is 0 Å². The van der Waals surface area contributed by atoms with Crippen molar-refractivity contribution in [2.75, 3.05) is 40.3 Å². The number of nitrogens with zero attached hydrogens (tertiary/aromatic N) is 2. The van der Waals surface area contributed by atoms with Crippen LogP contribution in [0.5, 0.6) is 5.75 Å². The molecule has 0 radical (unpaired) electrons. The van der Waals surface area contributed by atoms with Crippen LogP contribution in [0.2, 0.25) is 0 Å². The Kier molecular flexibility index (Phi) is 4.57. The molecule has 1 aliphatic heterocycles. The predicted molar refractivity (Wildman–Crippen MR) is 85.1 cm³/mol. The SMILES string of the molecule is COc1cc(C(=O)N2CCN(C)CC2)ccc1C(C)(C)C. The molecule has 0 aromatic heterocycles. The fraction of sp³-hybridized carbons (Fsp3) is 0.588. The van der Waals surface area contributed by atoms with Crippen LogP contribution in [0.15, 0.2) is 18.2 Å². The van der Waals surface area contributed by atoms with Crippen molar-refractivity contribution >= 4 is 5.91 Å². The highest BCUT2D eigenvalue weighted by Gasteiger charge is 2.23. The Morgan fingerprint density at radius 3 is 2.29 bits per heavy atom. The zero-order chi connectivity index (χ0) is 15.6. The highest BCUT2D eigenvalue weighted by molar-refractivity contribution is 5.94. The Morgan fingerprint density at radius 2 is 1.76 bits per heavy atom. The number of benzene rings is 1. The van der Waals surface area contributed by atoms with Crippen molar-refractivity contribution in [3.63, 3.8) is 0 Å². The van der Waals surface area contributed by atoms with Crippen LogP contribution in [-0.2, 0) is 5.41 Å². The van der Waals surface area contributed by atoms with Crippen LogP contribution in [0, 0.1) is 0 Å². The molecule has 0 spiro atoms. The number of carbonyl (C=O) groups is 1. The number of methoxy groups -OCH3 is 1. The number of ether oxygens (including phenoxy) is 1. The van der Waals surface area contributed by atoms with E-state index in [-0.39, 0.29) is 11.3 Å². The average molecular weight is 290 g/mol. The number of carbonyl (C=O) groups excluding carboxylic acids is 1. The van der Waals surface area contributed by atoms with Gasteiger partial charge in [-0.3, -0.25) is 4.79 Å². The molecular weight excluding hydrogens is 264 g/mol. The summed E-state index contributed by atoms with van der Waals surface area (Å²) in [7, 11) is 3.75. The molecule has 21 heavy (non-hydrogen) atoms. The van der Waals surface area contributed by atoms with E-state index < -0.39 is 0 Å². The average Bonchev–Trinajstić information content (AvgIpc) is 2.45. The van der Waals surface area contributed by atoms with Gasteiger partial charge in [-0.1, -0.05) is 26.8 Å². The molecule has 1 fully saturated rings. The molecule has 0 atom stereocenters. The lowest BCUT2D eigenvalue weighted by atomic mass is 9.85. The first-order chi connectivity index (χ1) is 9.82. The van der Waals surface area contributed by atoms with Gasteiger partial charge in [0.1, 0.15) is 5.75 Å². The first-order valence-electron chi connectivity index (χ1n) is 7.49. The highest BCUT2D eigenvalue weighted by Crippen LogP contribution is 2.32. The van der Waals surface area contributed by atoms with E-state index >= 15 is 0 Å². The zero-order valence-electron chi connectivity index (χ0n) is 13.8. The van der Waals surface area contributed by atoms with E-state index in [1.807, 2.05) is 23.1 Å². The number of likely N-dealkylation sites (N-methyl/N-ethyl adjacent to an activating group) is 1. The van der Waals surface area contributed by atoms with Gasteiger partial charge in [0, 0.05) is 31.7 Å². The molecule has 0 N–H and O–H groups in total. The van der Waals surface area contributed by atoms with Crippen molar-refractivity contribution in [1.82, 2.24) is 9.80 Å². The molecule has 0 bridgehead atoms. The van der Waals surface area contributed by atoms with Crippen LogP contribution in [0.4, 0.5) is 0 Å². The van der Waals surface area contributed by atoms with Crippen molar-refractivity contribution in [3.8, 4) is 5.75 Å². The van der Waals surface area contributed by atoms with Gasteiger partial charge in [0.15, 0.2) is 0 Å². The summed E-state index contributed by atoms with van der Waals surface area (Å²) in [5.41, 5.74) is 1.84. The molecule has 2 rings (SSSR count). The molecule has 1 heterocycles. The van der Waals surface area contributed by atoms with Crippen molar-refractivity contribution in [2.24, 2.45) is 0 Å². The summed E-state index contributed by atoms with van der Waals surface area (Å²) < 4.78 is 5.49. The molecule has 1 aromatic rings. The third kappa shape index (κ3) is 3.56. The summed E-state index contributed by atoms with van der Waals surface area (Å²) >= 11 is 0. The topological polar surface area (TPSA) is 32.8 Å². The third-order valence-corrected chi connectivity index (χ3v) is 4.05. The Morgan fingerprint density at radius 1 is 1.14 bits per heavy atom. The molecule has 0 saturated carbocycles. The van der Waals surface area contributed by atoms with E-state index in [1.165, 1.54) is 0 Å². The maximum Gasteiger partial charge on any atom is 0.254 e. The number of hydrogen-bond acceptors (Lipinski definition) is 3. The van der Waals surface area contributed by atoms with E-state index in [4.69, 9.17) is 4.74 Å². The minimum absolute atomic E-state index is 0.000751. The molecule has 0 aliphatic carbocycles. The molecular formula is C17H26N2O2. The van der Waals surface area contributed by atoms with Crippen LogP contribution in [0.1, 0.15) is 36.7 Å². The molecule has 1 aliphatic rings. The van der Waals surface area contributed by atoms with Gasteiger partial charge >= 0.3 is 0 Å². The van der Waals surface area contributed by atoms with Gasteiger partial charge in [0.2, 0.25) is 0 Å². The first kappa shape index (κ1) is 15.8. The number of rotatable bonds is 2. The predicted octanol–water partition coefficient (Wildman–Crippen LogP) is 2.38. The van der Waals surface area contributed by atoms with Gasteiger partial charge in [-0.15, -0.1) is 0 Å². The third-order valence-electron chi connectivity index (χ3n) is 4.05. The summed E-state index contributed by atoms with van der Waals surface area (Å²) in [6.07, 6.45) is 0. The van der Waals surface area contributed by atoms with E-state index in [0.29, 0.717) is 5.56 Å². The quantitative estimate of drug-likeness (QED) is 0.838. The van der Waals surface area contributed by atoms with E-state index in [1.54, 1.807) is 7.11 Å². The van der Waals surface area contributed by atoms with Crippen molar-refractivity contribution < 1.29 is 9.53 Å². The van der Waals surface area contributed by atoms with E-state index in [2.05, 4.69) is 32.7 Å². The first-order valence-corrected chi connectivity index (χ1v) is 7.49. The second kappa shape index (κ2) is 6.06. The minimum atomic E-state index is 0.000751. The van der Waals surface area contributed by atoms with Gasteiger partial charge in [-0.25, -0.2) is 0 Å². The lowest BCUT2D eigenvalue weighted by molar-refractivity contribution is 0.0663. The van der Waals surface area contributed by atoms with Gasteiger partial charge in [-0.05, 0) is 30.2 Å². The minimum Gasteiger partial charge on any atom is -0.496 e. The molecule has 1 aromatic carbocycles. The second-order valence-corrected chi connectivity index (χ2v) is 6.76. The normalized spacial score (nSPS) is 16.9. The van der Waals surface area contributed by atoms with Gasteiger partial charge in [0.25, 0.3) is 5.91 Å². The molecule has 116 valence electrons. The molecule has 4 nitrogen and oxygen atoms in total. The second-order valence-electron chi connectivity index (χ2n) is 6.76. The fourth-order valence-electron chi connectivity index (χ4n) is 2.64. The highest BCUT2D eigenvalue weighted by atomic mass is 16.5. The Hall–Kier alpha value is -1.55. The summed E-state index contributed by atoms with van der Waals surface area (Å²) in [6.45, 7) is 9.88. The number of piperazine rings is 1. The molecule has 1 amide bonds. The molecule has 0 unspecified atom stereocenters. The monoisotopic (exact) mass is 290 g/mol. The van der Waals surface area contributed by atoms with Gasteiger partial charge in [0.05, 0.1) is 7.11 Å². The van der Waals surface area contributed by atoms with E-state index in [0.717, 1.165) is 37.5 Å². The van der Waals surface area contributed by atoms with Crippen LogP contribution in [-0.4, -0.2) is 56.0 Å². The number of hydrogen-bond donors (Lipinski definition) is 0. The smallest absolute Gasteiger partial charge is 0.254 e. The number of amides is 1. The van der Waals surface area contributed by atoms with Crippen LogP contribution < -0.4 is 4.74 Å². The summed E-state index contributed by atoms with van der Waals surface area (Å²) in [5.74, 6) is 0.893. The Balaban J connectivity index is 2.23. The lowest BCUT2D eigenvalue weighted by Crippen LogP contribution is -2.47. The fourth-order valence-corrected chi connectivity index (χ4v) is 2.64.